The summed E-state index contributed by atoms with van der Waals surface area (Å²) in [6.07, 6.45) is 1.10. The van der Waals surface area contributed by atoms with E-state index in [-0.39, 0.29) is 24.1 Å². The standard InChI is InChI=1S/C31H33F3N6O2/c1-19(23-8-5-9-23)35-26-25-27(37-28(36-26)29(41)42)38-30(39(17-21-10-11-21)16-20-6-3-2-4-7-20)40(25)18-22-12-14-24(15-13-22)31(32,33)34/h2-4,6-7,12-15,19,21,23H,5,8-11,16-18H2,1H3,(H,41,42)(H,35,36,37). The number of hydrogen-bond acceptors (Lipinski definition) is 6. The van der Waals surface area contributed by atoms with Crippen LogP contribution in [0.1, 0.15) is 66.3 Å². The predicted octanol–water partition coefficient (Wildman–Crippen LogP) is 6.61. The average Bonchev–Trinajstić information content (AvgIpc) is 3.66. The highest BCUT2D eigenvalue weighted by molar-refractivity contribution is 5.91. The normalized spacial score (nSPS) is 16.3. The Hall–Kier alpha value is -4.15. The molecule has 2 N–H and O–H groups in total. The van der Waals surface area contributed by atoms with Gasteiger partial charge in [0, 0.05) is 19.1 Å². The molecule has 0 amide bonds. The van der Waals surface area contributed by atoms with Gasteiger partial charge in [-0.1, -0.05) is 48.9 Å². The third kappa shape index (κ3) is 6.05. The zero-order chi connectivity index (χ0) is 29.4. The molecule has 8 nitrogen and oxygen atoms in total. The number of aromatic nitrogens is 4. The molecule has 2 heterocycles. The minimum Gasteiger partial charge on any atom is -0.475 e. The summed E-state index contributed by atoms with van der Waals surface area (Å²) in [7, 11) is 0. The Balaban J connectivity index is 1.49. The number of benzene rings is 2. The van der Waals surface area contributed by atoms with E-state index >= 15 is 0 Å². The van der Waals surface area contributed by atoms with Gasteiger partial charge in [0.25, 0.3) is 0 Å². The molecular weight excluding hydrogens is 545 g/mol. The monoisotopic (exact) mass is 578 g/mol. The summed E-state index contributed by atoms with van der Waals surface area (Å²) >= 11 is 0. The maximum Gasteiger partial charge on any atom is 0.416 e. The molecule has 6 rings (SSSR count). The number of hydrogen-bond donors (Lipinski definition) is 2. The zero-order valence-corrected chi connectivity index (χ0v) is 23.3. The summed E-state index contributed by atoms with van der Waals surface area (Å²) in [5.74, 6) is 0.288. The minimum atomic E-state index is -4.43. The summed E-state index contributed by atoms with van der Waals surface area (Å²) in [5, 5.41) is 13.3. The Labute approximate surface area is 241 Å². The van der Waals surface area contributed by atoms with Crippen LogP contribution in [0, 0.1) is 11.8 Å². The van der Waals surface area contributed by atoms with Crippen molar-refractivity contribution in [3.05, 3.63) is 77.1 Å². The molecular formula is C31H33F3N6O2. The van der Waals surface area contributed by atoms with Crippen molar-refractivity contribution >= 4 is 28.9 Å². The minimum absolute atomic E-state index is 0.0447. The Kier molecular flexibility index (Phi) is 7.51. The van der Waals surface area contributed by atoms with Crippen molar-refractivity contribution in [3.63, 3.8) is 0 Å². The first-order valence-corrected chi connectivity index (χ1v) is 14.4. The molecule has 1 unspecified atom stereocenters. The van der Waals surface area contributed by atoms with Gasteiger partial charge >= 0.3 is 12.1 Å². The van der Waals surface area contributed by atoms with Crippen molar-refractivity contribution in [2.75, 3.05) is 16.8 Å². The lowest BCUT2D eigenvalue weighted by Gasteiger charge is -2.32. The van der Waals surface area contributed by atoms with Crippen molar-refractivity contribution in [2.45, 2.75) is 64.3 Å². The third-order valence-corrected chi connectivity index (χ3v) is 8.29. The van der Waals surface area contributed by atoms with Gasteiger partial charge in [0.05, 0.1) is 12.1 Å². The topological polar surface area (TPSA) is 96.2 Å². The fraction of sp³-hybridized carbons (Fsp3) is 0.419. The zero-order valence-electron chi connectivity index (χ0n) is 23.3. The largest absolute Gasteiger partial charge is 0.475 e. The first-order chi connectivity index (χ1) is 20.2. The number of anilines is 2. The number of carbonyl (C=O) groups is 1. The van der Waals surface area contributed by atoms with Gasteiger partial charge < -0.3 is 19.9 Å². The lowest BCUT2D eigenvalue weighted by molar-refractivity contribution is -0.137. The fourth-order valence-electron chi connectivity index (χ4n) is 5.50. The van der Waals surface area contributed by atoms with Gasteiger partial charge in [0.1, 0.15) is 5.52 Å². The fourth-order valence-corrected chi connectivity index (χ4v) is 5.50. The number of imidazole rings is 1. The second-order valence-electron chi connectivity index (χ2n) is 11.5. The molecule has 2 saturated carbocycles. The lowest BCUT2D eigenvalue weighted by atomic mass is 9.80. The van der Waals surface area contributed by atoms with Crippen LogP contribution in [0.5, 0.6) is 0 Å². The molecule has 2 aromatic heterocycles. The Morgan fingerprint density at radius 1 is 1.02 bits per heavy atom. The van der Waals surface area contributed by atoms with E-state index in [9.17, 15) is 23.1 Å². The second-order valence-corrected chi connectivity index (χ2v) is 11.5. The molecule has 2 fully saturated rings. The van der Waals surface area contributed by atoms with Crippen LogP contribution in [0.4, 0.5) is 24.9 Å². The van der Waals surface area contributed by atoms with Crippen molar-refractivity contribution in [2.24, 2.45) is 11.8 Å². The number of nitrogens with one attached hydrogen (secondary N) is 1. The summed E-state index contributed by atoms with van der Waals surface area (Å²) in [6, 6.07) is 15.1. The summed E-state index contributed by atoms with van der Waals surface area (Å²) in [5.41, 5.74) is 1.79. The number of fused-ring (bicyclic) bond motifs is 1. The molecule has 0 spiro atoms. The van der Waals surface area contributed by atoms with Crippen molar-refractivity contribution < 1.29 is 23.1 Å². The molecule has 0 radical (unpaired) electrons. The van der Waals surface area contributed by atoms with Gasteiger partial charge in [-0.05, 0) is 67.7 Å². The lowest BCUT2D eigenvalue weighted by Crippen LogP contribution is -2.31. The van der Waals surface area contributed by atoms with E-state index in [1.807, 2.05) is 34.9 Å². The molecule has 0 aliphatic heterocycles. The van der Waals surface area contributed by atoms with Gasteiger partial charge in [0.2, 0.25) is 11.8 Å². The predicted molar refractivity (Wildman–Crippen MR) is 153 cm³/mol. The molecule has 4 aromatic rings. The number of aromatic carboxylic acids is 1. The number of halogens is 3. The van der Waals surface area contributed by atoms with Gasteiger partial charge in [0.15, 0.2) is 11.5 Å². The van der Waals surface area contributed by atoms with Crippen molar-refractivity contribution in [1.29, 1.82) is 0 Å². The van der Waals surface area contributed by atoms with Gasteiger partial charge in [-0.25, -0.2) is 14.8 Å². The average molecular weight is 579 g/mol. The Bertz CT molecular complexity index is 1560. The molecule has 1 atom stereocenters. The smallest absolute Gasteiger partial charge is 0.416 e. The Morgan fingerprint density at radius 3 is 2.33 bits per heavy atom. The Morgan fingerprint density at radius 2 is 1.74 bits per heavy atom. The highest BCUT2D eigenvalue weighted by Crippen LogP contribution is 2.36. The van der Waals surface area contributed by atoms with Gasteiger partial charge in [-0.2, -0.15) is 18.2 Å². The summed E-state index contributed by atoms with van der Waals surface area (Å²) < 4.78 is 41.8. The van der Waals surface area contributed by atoms with E-state index in [0.29, 0.717) is 41.2 Å². The van der Waals surface area contributed by atoms with Crippen LogP contribution in [-0.4, -0.2) is 43.2 Å². The quantitative estimate of drug-likeness (QED) is 0.207. The van der Waals surface area contributed by atoms with E-state index in [1.54, 1.807) is 0 Å². The van der Waals surface area contributed by atoms with Crippen molar-refractivity contribution in [1.82, 2.24) is 19.5 Å². The van der Waals surface area contributed by atoms with Crippen LogP contribution in [-0.2, 0) is 19.3 Å². The summed E-state index contributed by atoms with van der Waals surface area (Å²) in [4.78, 5) is 27.8. The number of alkyl halides is 3. The van der Waals surface area contributed by atoms with E-state index in [1.165, 1.54) is 12.1 Å². The van der Waals surface area contributed by atoms with E-state index in [2.05, 4.69) is 27.1 Å². The first kappa shape index (κ1) is 28.0. The van der Waals surface area contributed by atoms with Gasteiger partial charge in [-0.15, -0.1) is 0 Å². The highest BCUT2D eigenvalue weighted by atomic mass is 19.4. The third-order valence-electron chi connectivity index (χ3n) is 8.29. The second kappa shape index (κ2) is 11.3. The van der Waals surface area contributed by atoms with Crippen LogP contribution < -0.4 is 10.2 Å². The molecule has 2 aromatic carbocycles. The van der Waals surface area contributed by atoms with Crippen LogP contribution in [0.2, 0.25) is 0 Å². The first-order valence-electron chi connectivity index (χ1n) is 14.4. The molecule has 42 heavy (non-hydrogen) atoms. The van der Waals surface area contributed by atoms with E-state index in [4.69, 9.17) is 4.98 Å². The highest BCUT2D eigenvalue weighted by Gasteiger charge is 2.32. The molecule has 2 aliphatic rings. The van der Waals surface area contributed by atoms with E-state index in [0.717, 1.165) is 56.3 Å². The van der Waals surface area contributed by atoms with Crippen LogP contribution in [0.25, 0.3) is 11.2 Å². The number of nitrogens with zero attached hydrogens (tertiary/aromatic N) is 5. The molecule has 2 aliphatic carbocycles. The molecule has 11 heteroatoms. The van der Waals surface area contributed by atoms with Crippen LogP contribution in [0.15, 0.2) is 54.6 Å². The van der Waals surface area contributed by atoms with Gasteiger partial charge in [-0.3, -0.25) is 0 Å². The molecule has 220 valence electrons. The number of carboxylic acids is 1. The van der Waals surface area contributed by atoms with E-state index < -0.39 is 17.7 Å². The SMILES string of the molecule is CC(Nc1nc(C(=O)O)nc2nc(N(Cc3ccccc3)CC3CC3)n(Cc3ccc(C(F)(F)F)cc3)c12)C1CCC1. The maximum atomic E-state index is 13.3. The summed E-state index contributed by atoms with van der Waals surface area (Å²) in [6.45, 7) is 3.58. The number of rotatable bonds is 11. The maximum absolute atomic E-state index is 13.3. The number of carboxylic acid groups (broad SMARTS) is 1. The molecule has 0 bridgehead atoms. The van der Waals surface area contributed by atoms with Crippen molar-refractivity contribution in [3.8, 4) is 0 Å². The van der Waals surface area contributed by atoms with Crippen LogP contribution in [0.3, 0.4) is 0 Å². The molecule has 0 saturated heterocycles. The van der Waals surface area contributed by atoms with Crippen LogP contribution >= 0.6 is 0 Å².